The maximum Gasteiger partial charge on any atom is 0.244 e. The summed E-state index contributed by atoms with van der Waals surface area (Å²) in [6, 6.07) is 16.5. The van der Waals surface area contributed by atoms with Gasteiger partial charge in [-0.25, -0.2) is 0 Å². The van der Waals surface area contributed by atoms with Crippen molar-refractivity contribution in [3.05, 3.63) is 65.7 Å². The largest absolute Gasteiger partial charge is 0.508 e. The van der Waals surface area contributed by atoms with Crippen molar-refractivity contribution in [1.29, 1.82) is 0 Å². The smallest absolute Gasteiger partial charge is 0.244 e. The summed E-state index contributed by atoms with van der Waals surface area (Å²) in [5, 5.41) is 37.3. The molecule has 11 heteroatoms. The summed E-state index contributed by atoms with van der Waals surface area (Å²) in [6.07, 6.45) is -0.690. The van der Waals surface area contributed by atoms with Crippen LogP contribution in [0.2, 0.25) is 0 Å². The van der Waals surface area contributed by atoms with Gasteiger partial charge in [-0.1, -0.05) is 48.5 Å². The summed E-state index contributed by atoms with van der Waals surface area (Å²) >= 11 is 0. The number of aliphatic hydroxyl groups excluding tert-OH is 2. The van der Waals surface area contributed by atoms with Crippen LogP contribution in [0.15, 0.2) is 54.6 Å². The van der Waals surface area contributed by atoms with Crippen molar-refractivity contribution in [2.75, 3.05) is 39.3 Å². The Morgan fingerprint density at radius 3 is 2.32 bits per heavy atom. The molecule has 1 spiro atoms. The number of likely N-dealkylation sites (tertiary alicyclic amines) is 1. The van der Waals surface area contributed by atoms with E-state index in [1.54, 1.807) is 17.0 Å². The Balaban J connectivity index is 1.35. The number of phenolic OH excluding ortho intramolecular Hbond substituents is 1. The van der Waals surface area contributed by atoms with Crippen molar-refractivity contribution in [2.24, 2.45) is 0 Å². The number of aromatic hydroxyl groups is 1. The zero-order valence-electron chi connectivity index (χ0n) is 25.2. The Bertz CT molecular complexity index is 1280. The van der Waals surface area contributed by atoms with E-state index in [0.29, 0.717) is 45.6 Å². The fourth-order valence-electron chi connectivity index (χ4n) is 6.67. The van der Waals surface area contributed by atoms with E-state index in [-0.39, 0.29) is 62.2 Å². The molecule has 44 heavy (non-hydrogen) atoms. The molecular formula is C33H45N5O6. The number of carbonyl (C=O) groups is 3. The molecule has 3 heterocycles. The number of amides is 3. The average Bonchev–Trinajstić information content (AvgIpc) is 2.99. The van der Waals surface area contributed by atoms with Crippen LogP contribution in [0.1, 0.15) is 49.7 Å². The first-order chi connectivity index (χ1) is 21.2. The maximum absolute atomic E-state index is 14.1. The van der Waals surface area contributed by atoms with Crippen molar-refractivity contribution in [3.8, 4) is 5.75 Å². The van der Waals surface area contributed by atoms with Crippen LogP contribution >= 0.6 is 0 Å². The number of hydrogen-bond donors (Lipinski definition) is 5. The van der Waals surface area contributed by atoms with Gasteiger partial charge in [-0.3, -0.25) is 24.2 Å². The fourth-order valence-corrected chi connectivity index (χ4v) is 6.67. The fraction of sp³-hybridized carbons (Fsp3) is 0.545. The third-order valence-corrected chi connectivity index (χ3v) is 9.17. The number of phenols is 1. The van der Waals surface area contributed by atoms with Gasteiger partial charge in [-0.2, -0.15) is 0 Å². The quantitative estimate of drug-likeness (QED) is 0.346. The number of aliphatic hydroxyl groups is 2. The van der Waals surface area contributed by atoms with Gasteiger partial charge in [0.05, 0.1) is 30.6 Å². The number of para-hydroxylation sites is 1. The normalized spacial score (nSPS) is 26.3. The van der Waals surface area contributed by atoms with Crippen LogP contribution in [0, 0.1) is 0 Å². The van der Waals surface area contributed by atoms with Crippen molar-refractivity contribution in [3.63, 3.8) is 0 Å². The number of nitrogens with one attached hydrogen (secondary N) is 2. The molecule has 2 aromatic rings. The van der Waals surface area contributed by atoms with Gasteiger partial charge in [0, 0.05) is 57.9 Å². The lowest BCUT2D eigenvalue weighted by atomic mass is 9.83. The number of piperazine rings is 1. The van der Waals surface area contributed by atoms with E-state index in [2.05, 4.69) is 32.6 Å². The van der Waals surface area contributed by atoms with Crippen LogP contribution < -0.4 is 10.6 Å². The lowest BCUT2D eigenvalue weighted by Gasteiger charge is -2.45. The Morgan fingerprint density at radius 2 is 1.57 bits per heavy atom. The third-order valence-electron chi connectivity index (χ3n) is 9.17. The summed E-state index contributed by atoms with van der Waals surface area (Å²) in [5.74, 6) is -0.662. The summed E-state index contributed by atoms with van der Waals surface area (Å²) < 4.78 is 0. The number of piperidine rings is 1. The zero-order chi connectivity index (χ0) is 31.1. The molecule has 3 fully saturated rings. The van der Waals surface area contributed by atoms with Gasteiger partial charge in [-0.15, -0.1) is 0 Å². The second-order valence-corrected chi connectivity index (χ2v) is 12.6. The topological polar surface area (TPSA) is 146 Å². The van der Waals surface area contributed by atoms with E-state index < -0.39 is 23.8 Å². The summed E-state index contributed by atoms with van der Waals surface area (Å²) in [6.45, 7) is 3.90. The molecule has 3 aliphatic rings. The van der Waals surface area contributed by atoms with E-state index in [0.717, 1.165) is 12.1 Å². The molecule has 0 bridgehead atoms. The van der Waals surface area contributed by atoms with E-state index >= 15 is 0 Å². The lowest BCUT2D eigenvalue weighted by Crippen LogP contribution is -2.63. The van der Waals surface area contributed by atoms with Gasteiger partial charge in [0.15, 0.2) is 0 Å². The first-order valence-corrected chi connectivity index (χ1v) is 15.7. The first kappa shape index (κ1) is 31.9. The predicted molar refractivity (Wildman–Crippen MR) is 164 cm³/mol. The molecular weight excluding hydrogens is 562 g/mol. The second-order valence-electron chi connectivity index (χ2n) is 12.6. The highest BCUT2D eigenvalue weighted by atomic mass is 16.3. The molecule has 5 N–H and O–H groups in total. The lowest BCUT2D eigenvalue weighted by molar-refractivity contribution is -0.146. The molecule has 0 radical (unpaired) electrons. The first-order valence-electron chi connectivity index (χ1n) is 15.7. The SMILES string of the molecule is O=C1C[C@H](O)C[C@H](O)CCNC(=O)[C@@H]2CN(Cc3ccccc3O)CCN2C(=O)CC2(CCN(Cc3ccccc3)CC2)N1. The van der Waals surface area contributed by atoms with Crippen molar-refractivity contribution >= 4 is 17.7 Å². The minimum atomic E-state index is -1.04. The van der Waals surface area contributed by atoms with Gasteiger partial charge >= 0.3 is 0 Å². The van der Waals surface area contributed by atoms with Crippen LogP contribution in [0.5, 0.6) is 5.75 Å². The zero-order valence-corrected chi connectivity index (χ0v) is 25.2. The molecule has 3 atom stereocenters. The number of fused-ring (bicyclic) bond motifs is 1. The van der Waals surface area contributed by atoms with Crippen molar-refractivity contribution < 1.29 is 29.7 Å². The second kappa shape index (κ2) is 14.5. The van der Waals surface area contributed by atoms with Gasteiger partial charge in [0.1, 0.15) is 11.8 Å². The molecule has 0 unspecified atom stereocenters. The predicted octanol–water partition coefficient (Wildman–Crippen LogP) is 0.968. The minimum Gasteiger partial charge on any atom is -0.508 e. The highest BCUT2D eigenvalue weighted by Crippen LogP contribution is 2.30. The number of nitrogens with zero attached hydrogens (tertiary/aromatic N) is 3. The molecule has 11 nitrogen and oxygen atoms in total. The Hall–Kier alpha value is -3.51. The Morgan fingerprint density at radius 1 is 0.841 bits per heavy atom. The van der Waals surface area contributed by atoms with Gasteiger partial charge in [-0.05, 0) is 37.3 Å². The molecule has 238 valence electrons. The molecule has 3 amide bonds. The van der Waals surface area contributed by atoms with Crippen LogP contribution in [0.4, 0.5) is 0 Å². The number of benzene rings is 2. The number of rotatable bonds is 4. The highest BCUT2D eigenvalue weighted by molar-refractivity contribution is 5.89. The summed E-state index contributed by atoms with van der Waals surface area (Å²) in [7, 11) is 0. The monoisotopic (exact) mass is 607 g/mol. The molecule has 3 aliphatic heterocycles. The van der Waals surface area contributed by atoms with E-state index in [9.17, 15) is 29.7 Å². The molecule has 2 aromatic carbocycles. The van der Waals surface area contributed by atoms with Crippen molar-refractivity contribution in [1.82, 2.24) is 25.3 Å². The summed E-state index contributed by atoms with van der Waals surface area (Å²) in [5.41, 5.74) is 1.13. The average molecular weight is 608 g/mol. The minimum absolute atomic E-state index is 0.0178. The molecule has 5 rings (SSSR count). The molecule has 0 aromatic heterocycles. The Labute approximate surface area is 258 Å². The van der Waals surface area contributed by atoms with Crippen LogP contribution in [-0.4, -0.2) is 111 Å². The summed E-state index contributed by atoms with van der Waals surface area (Å²) in [4.78, 5) is 46.8. The van der Waals surface area contributed by atoms with E-state index in [4.69, 9.17) is 0 Å². The van der Waals surface area contributed by atoms with Gasteiger partial charge in [0.25, 0.3) is 0 Å². The number of carbonyl (C=O) groups excluding carboxylic acids is 3. The Kier molecular flexibility index (Phi) is 10.5. The maximum atomic E-state index is 14.1. The van der Waals surface area contributed by atoms with Crippen LogP contribution in [0.3, 0.4) is 0 Å². The molecule has 3 saturated heterocycles. The molecule has 0 saturated carbocycles. The molecule has 0 aliphatic carbocycles. The van der Waals surface area contributed by atoms with Gasteiger partial charge < -0.3 is 30.9 Å². The van der Waals surface area contributed by atoms with Crippen LogP contribution in [-0.2, 0) is 27.5 Å². The highest BCUT2D eigenvalue weighted by Gasteiger charge is 2.42. The third kappa shape index (κ3) is 8.35. The number of hydrogen-bond acceptors (Lipinski definition) is 8. The van der Waals surface area contributed by atoms with Crippen molar-refractivity contribution in [2.45, 2.75) is 75.4 Å². The van der Waals surface area contributed by atoms with E-state index in [1.807, 2.05) is 30.3 Å². The van der Waals surface area contributed by atoms with E-state index in [1.165, 1.54) is 5.56 Å². The van der Waals surface area contributed by atoms with Crippen LogP contribution in [0.25, 0.3) is 0 Å². The van der Waals surface area contributed by atoms with Gasteiger partial charge in [0.2, 0.25) is 17.7 Å². The standard InChI is InChI=1S/C33H45N5O6/c39-26-10-13-34-32(44)28-23-37(22-25-8-4-5-9-29(25)41)16-17-38(28)31(43)20-33(35-30(42)19-27(40)18-26)11-14-36(15-12-33)21-24-6-2-1-3-7-24/h1-9,26-28,39-41H,10-23H2,(H,34,44)(H,35,42)/t26-,27-,28+/m1/s1.